The standard InChI is InChI=1S/C19H23ClN4O4S/c1-14-11-16(24(25)26)12-17(20)19(14)21-13-15-5-3-4-6-18(15)29(27,28)23-9-7-22(2)8-10-23/h3-6,11-12,21H,7-10,13H2,1-2H3. The van der Waals surface area contributed by atoms with Crippen molar-refractivity contribution in [3.63, 3.8) is 0 Å². The lowest BCUT2D eigenvalue weighted by Crippen LogP contribution is -2.47. The van der Waals surface area contributed by atoms with Gasteiger partial charge in [0.1, 0.15) is 0 Å². The van der Waals surface area contributed by atoms with Crippen molar-refractivity contribution in [2.75, 3.05) is 38.5 Å². The Balaban J connectivity index is 1.84. The summed E-state index contributed by atoms with van der Waals surface area (Å²) in [5.41, 5.74) is 1.68. The lowest BCUT2D eigenvalue weighted by molar-refractivity contribution is -0.384. The molecule has 1 fully saturated rings. The third-order valence-electron chi connectivity index (χ3n) is 4.99. The first-order valence-corrected chi connectivity index (χ1v) is 11.0. The van der Waals surface area contributed by atoms with Gasteiger partial charge in [0.15, 0.2) is 0 Å². The Bertz CT molecular complexity index is 998. The molecule has 8 nitrogen and oxygen atoms in total. The smallest absolute Gasteiger partial charge is 0.271 e. The van der Waals surface area contributed by atoms with Crippen LogP contribution in [0.25, 0.3) is 0 Å². The Morgan fingerprint density at radius 1 is 1.17 bits per heavy atom. The number of anilines is 1. The zero-order valence-electron chi connectivity index (χ0n) is 16.3. The molecule has 2 aromatic rings. The van der Waals surface area contributed by atoms with E-state index in [4.69, 9.17) is 11.6 Å². The average Bonchev–Trinajstić information content (AvgIpc) is 2.67. The molecule has 0 bridgehead atoms. The first kappa shape index (κ1) is 21.5. The third kappa shape index (κ3) is 4.69. The van der Waals surface area contributed by atoms with Crippen molar-refractivity contribution in [1.29, 1.82) is 0 Å². The van der Waals surface area contributed by atoms with Gasteiger partial charge in [-0.2, -0.15) is 4.31 Å². The Morgan fingerprint density at radius 3 is 2.45 bits per heavy atom. The van der Waals surface area contributed by atoms with Gasteiger partial charge >= 0.3 is 0 Å². The van der Waals surface area contributed by atoms with E-state index < -0.39 is 14.9 Å². The molecule has 0 amide bonds. The molecule has 0 radical (unpaired) electrons. The number of hydrogen-bond donors (Lipinski definition) is 1. The average molecular weight is 439 g/mol. The van der Waals surface area contributed by atoms with Crippen LogP contribution in [0.1, 0.15) is 11.1 Å². The summed E-state index contributed by atoms with van der Waals surface area (Å²) in [7, 11) is -1.64. The molecule has 0 atom stereocenters. The maximum atomic E-state index is 13.2. The van der Waals surface area contributed by atoms with E-state index in [1.165, 1.54) is 16.4 Å². The quantitative estimate of drug-likeness (QED) is 0.550. The highest BCUT2D eigenvalue weighted by molar-refractivity contribution is 7.89. The molecule has 0 saturated carbocycles. The SMILES string of the molecule is Cc1cc([N+](=O)[O-])cc(Cl)c1NCc1ccccc1S(=O)(=O)N1CCN(C)CC1. The largest absolute Gasteiger partial charge is 0.379 e. The topological polar surface area (TPSA) is 95.8 Å². The maximum Gasteiger partial charge on any atom is 0.271 e. The first-order chi connectivity index (χ1) is 13.7. The van der Waals surface area contributed by atoms with Crippen LogP contribution in [0.3, 0.4) is 0 Å². The van der Waals surface area contributed by atoms with Crippen LogP contribution in [0.4, 0.5) is 11.4 Å². The number of hydrogen-bond acceptors (Lipinski definition) is 6. The van der Waals surface area contributed by atoms with Crippen LogP contribution < -0.4 is 5.32 Å². The molecule has 29 heavy (non-hydrogen) atoms. The van der Waals surface area contributed by atoms with Gasteiger partial charge in [-0.25, -0.2) is 8.42 Å². The van der Waals surface area contributed by atoms with Crippen LogP contribution in [-0.4, -0.2) is 55.8 Å². The van der Waals surface area contributed by atoms with Crippen molar-refractivity contribution in [2.24, 2.45) is 0 Å². The van der Waals surface area contributed by atoms with Crippen molar-refractivity contribution in [3.8, 4) is 0 Å². The number of rotatable bonds is 6. The van der Waals surface area contributed by atoms with Gasteiger partial charge in [-0.05, 0) is 31.2 Å². The van der Waals surface area contributed by atoms with E-state index in [2.05, 4.69) is 10.2 Å². The van der Waals surface area contributed by atoms with Crippen molar-refractivity contribution in [3.05, 3.63) is 62.7 Å². The minimum absolute atomic E-state index is 0.0869. The highest BCUT2D eigenvalue weighted by Crippen LogP contribution is 2.32. The highest BCUT2D eigenvalue weighted by Gasteiger charge is 2.29. The van der Waals surface area contributed by atoms with E-state index in [1.807, 2.05) is 7.05 Å². The predicted molar refractivity (Wildman–Crippen MR) is 113 cm³/mol. The number of sulfonamides is 1. The molecule has 0 aromatic heterocycles. The van der Waals surface area contributed by atoms with Crippen LogP contribution >= 0.6 is 11.6 Å². The zero-order chi connectivity index (χ0) is 21.2. The van der Waals surface area contributed by atoms with Crippen molar-refractivity contribution < 1.29 is 13.3 Å². The Morgan fingerprint density at radius 2 is 1.83 bits per heavy atom. The van der Waals surface area contributed by atoms with Crippen LogP contribution in [0.5, 0.6) is 0 Å². The second kappa shape index (κ2) is 8.66. The molecule has 1 saturated heterocycles. The third-order valence-corrected chi connectivity index (χ3v) is 7.29. The van der Waals surface area contributed by atoms with Gasteiger partial charge in [0.25, 0.3) is 5.69 Å². The van der Waals surface area contributed by atoms with E-state index >= 15 is 0 Å². The van der Waals surface area contributed by atoms with Crippen molar-refractivity contribution in [1.82, 2.24) is 9.21 Å². The van der Waals surface area contributed by atoms with E-state index in [0.717, 1.165) is 0 Å². The number of nitro benzene ring substituents is 1. The van der Waals surface area contributed by atoms with Crippen molar-refractivity contribution in [2.45, 2.75) is 18.4 Å². The highest BCUT2D eigenvalue weighted by atomic mass is 35.5. The number of benzene rings is 2. The number of aryl methyl sites for hydroxylation is 1. The number of likely N-dealkylation sites (N-methyl/N-ethyl adjacent to an activating group) is 1. The van der Waals surface area contributed by atoms with Crippen LogP contribution in [0.15, 0.2) is 41.3 Å². The minimum atomic E-state index is -3.61. The summed E-state index contributed by atoms with van der Waals surface area (Å²) in [6.45, 7) is 4.23. The van der Waals surface area contributed by atoms with Crippen LogP contribution in [0.2, 0.25) is 5.02 Å². The van der Waals surface area contributed by atoms with Gasteiger partial charge in [0.2, 0.25) is 10.0 Å². The number of nitro groups is 1. The number of halogens is 1. The maximum absolute atomic E-state index is 13.2. The van der Waals surface area contributed by atoms with E-state index in [-0.39, 0.29) is 22.2 Å². The molecular weight excluding hydrogens is 416 g/mol. The molecule has 0 spiro atoms. The summed E-state index contributed by atoms with van der Waals surface area (Å²) in [4.78, 5) is 12.8. The Labute approximate surface area is 175 Å². The van der Waals surface area contributed by atoms with Gasteiger partial charge < -0.3 is 10.2 Å². The first-order valence-electron chi connectivity index (χ1n) is 9.15. The number of nitrogens with one attached hydrogen (secondary N) is 1. The lowest BCUT2D eigenvalue weighted by Gasteiger charge is -2.32. The second-order valence-electron chi connectivity index (χ2n) is 7.05. The van der Waals surface area contributed by atoms with Crippen LogP contribution in [-0.2, 0) is 16.6 Å². The molecule has 1 N–H and O–H groups in total. The lowest BCUT2D eigenvalue weighted by atomic mass is 10.1. The monoisotopic (exact) mass is 438 g/mol. The normalized spacial score (nSPS) is 16.0. The summed E-state index contributed by atoms with van der Waals surface area (Å²) in [6.07, 6.45) is 0. The molecule has 1 aliphatic heterocycles. The van der Waals surface area contributed by atoms with Gasteiger partial charge in [-0.15, -0.1) is 0 Å². The van der Waals surface area contributed by atoms with Crippen molar-refractivity contribution >= 4 is 33.0 Å². The van der Waals surface area contributed by atoms with Gasteiger partial charge in [-0.3, -0.25) is 10.1 Å². The number of piperazine rings is 1. The minimum Gasteiger partial charge on any atom is -0.379 e. The van der Waals surface area contributed by atoms with E-state index in [1.54, 1.807) is 31.2 Å². The molecule has 10 heteroatoms. The van der Waals surface area contributed by atoms with E-state index in [9.17, 15) is 18.5 Å². The molecule has 156 valence electrons. The molecule has 1 aliphatic rings. The molecule has 0 aliphatic carbocycles. The molecule has 1 heterocycles. The van der Waals surface area contributed by atoms with Gasteiger partial charge in [-0.1, -0.05) is 29.8 Å². The summed E-state index contributed by atoms with van der Waals surface area (Å²) < 4.78 is 27.8. The Kier molecular flexibility index (Phi) is 6.42. The molecule has 0 unspecified atom stereocenters. The molecule has 2 aromatic carbocycles. The summed E-state index contributed by atoms with van der Waals surface area (Å²) in [5, 5.41) is 14.3. The van der Waals surface area contributed by atoms with Gasteiger partial charge in [0.05, 0.1) is 20.5 Å². The fraction of sp³-hybridized carbons (Fsp3) is 0.368. The summed E-state index contributed by atoms with van der Waals surface area (Å²) >= 11 is 6.21. The molecule has 3 rings (SSSR count). The molecular formula is C19H23ClN4O4S. The van der Waals surface area contributed by atoms with Gasteiger partial charge in [0, 0.05) is 44.9 Å². The zero-order valence-corrected chi connectivity index (χ0v) is 17.8. The summed E-state index contributed by atoms with van der Waals surface area (Å²) in [6, 6.07) is 9.56. The van der Waals surface area contributed by atoms with Crippen LogP contribution in [0, 0.1) is 17.0 Å². The Hall–Kier alpha value is -2.20. The number of non-ortho nitro benzene ring substituents is 1. The predicted octanol–water partition coefficient (Wildman–Crippen LogP) is 3.10. The fourth-order valence-electron chi connectivity index (χ4n) is 3.31. The number of nitrogens with zero attached hydrogens (tertiary/aromatic N) is 3. The fourth-order valence-corrected chi connectivity index (χ4v) is 5.28. The summed E-state index contributed by atoms with van der Waals surface area (Å²) in [5.74, 6) is 0. The van der Waals surface area contributed by atoms with E-state index in [0.29, 0.717) is 43.0 Å². The second-order valence-corrected chi connectivity index (χ2v) is 9.36.